The van der Waals surface area contributed by atoms with Gasteiger partial charge in [0.05, 0.1) is 0 Å². The smallest absolute Gasteiger partial charge is 0.116 e. The third-order valence-electron chi connectivity index (χ3n) is 5.15. The van der Waals surface area contributed by atoms with Crippen molar-refractivity contribution in [1.82, 2.24) is 0 Å². The summed E-state index contributed by atoms with van der Waals surface area (Å²) in [6, 6.07) is 11.5. The molecule has 1 heteroatoms. The molecule has 1 fully saturated rings. The Balaban J connectivity index is 0.000000254. The highest BCUT2D eigenvalue weighted by Crippen LogP contribution is 2.37. The molecule has 2 aromatic rings. The lowest BCUT2D eigenvalue weighted by atomic mass is 9.72. The van der Waals surface area contributed by atoms with Gasteiger partial charge in [-0.15, -0.1) is 6.58 Å². The fraction of sp³-hybridized carbons (Fsp3) is 0.478. The fourth-order valence-electron chi connectivity index (χ4n) is 3.64. The van der Waals surface area contributed by atoms with E-state index < -0.39 is 0 Å². The van der Waals surface area contributed by atoms with Crippen LogP contribution in [0.5, 0.6) is 5.75 Å². The molecule has 0 aliphatic heterocycles. The lowest BCUT2D eigenvalue weighted by Gasteiger charge is -2.33. The van der Waals surface area contributed by atoms with Gasteiger partial charge >= 0.3 is 0 Å². The first-order valence-corrected chi connectivity index (χ1v) is 9.23. The minimum absolute atomic E-state index is 0. The summed E-state index contributed by atoms with van der Waals surface area (Å²) in [7, 11) is 0. The van der Waals surface area contributed by atoms with E-state index in [1.54, 1.807) is 12.1 Å². The highest BCUT2D eigenvalue weighted by molar-refractivity contribution is 5.87. The Hall–Kier alpha value is -1.76. The van der Waals surface area contributed by atoms with Gasteiger partial charge in [-0.2, -0.15) is 0 Å². The quantitative estimate of drug-likeness (QED) is 0.582. The van der Waals surface area contributed by atoms with E-state index in [9.17, 15) is 5.11 Å². The number of phenolic OH excluding ortho intramolecular Hbond substituents is 1. The Bertz CT molecular complexity index is 663. The van der Waals surface area contributed by atoms with Crippen LogP contribution >= 0.6 is 0 Å². The van der Waals surface area contributed by atoms with E-state index >= 15 is 0 Å². The van der Waals surface area contributed by atoms with Crippen LogP contribution in [0.2, 0.25) is 0 Å². The van der Waals surface area contributed by atoms with Gasteiger partial charge in [-0.1, -0.05) is 70.4 Å². The van der Waals surface area contributed by atoms with E-state index in [1.165, 1.54) is 43.1 Å². The van der Waals surface area contributed by atoms with Crippen LogP contribution in [-0.2, 0) is 6.42 Å². The molecule has 1 nitrogen and oxygen atoms in total. The molecule has 0 saturated heterocycles. The molecule has 0 amide bonds. The second kappa shape index (κ2) is 8.37. The third-order valence-corrected chi connectivity index (χ3v) is 5.15. The van der Waals surface area contributed by atoms with Crippen molar-refractivity contribution >= 4 is 10.8 Å². The van der Waals surface area contributed by atoms with Crippen LogP contribution in [0.1, 0.15) is 59.9 Å². The van der Waals surface area contributed by atoms with Crippen molar-refractivity contribution in [3.63, 3.8) is 0 Å². The number of fused-ring (bicyclic) bond motifs is 1. The Morgan fingerprint density at radius 1 is 1.12 bits per heavy atom. The van der Waals surface area contributed by atoms with E-state index in [0.717, 1.165) is 17.7 Å². The van der Waals surface area contributed by atoms with Crippen LogP contribution in [0, 0.1) is 11.3 Å². The van der Waals surface area contributed by atoms with E-state index in [2.05, 4.69) is 33.4 Å². The number of hydrogen-bond donors (Lipinski definition) is 1. The average Bonchev–Trinajstić information content (AvgIpc) is 2.56. The maximum atomic E-state index is 9.33. The van der Waals surface area contributed by atoms with E-state index in [0.29, 0.717) is 11.2 Å². The van der Waals surface area contributed by atoms with E-state index in [-0.39, 0.29) is 1.43 Å². The standard InChI is InChI=1S/C13H12O.C10H20.H2/c1-2-4-10-5-3-6-11-9-12(14)7-8-13(10)11;1-10(2,3)9-7-5-4-6-8-9;/h2-3,5-9,14H,1,4H2;9H,4-8H2,1-3H3;1H. The number of phenols is 1. The van der Waals surface area contributed by atoms with Gasteiger partial charge in [0.2, 0.25) is 0 Å². The summed E-state index contributed by atoms with van der Waals surface area (Å²) >= 11 is 0. The summed E-state index contributed by atoms with van der Waals surface area (Å²) in [5.74, 6) is 1.31. The van der Waals surface area contributed by atoms with Crippen molar-refractivity contribution in [3.8, 4) is 5.75 Å². The van der Waals surface area contributed by atoms with Gasteiger partial charge in [0.1, 0.15) is 5.75 Å². The highest BCUT2D eigenvalue weighted by atomic mass is 16.3. The molecule has 0 radical (unpaired) electrons. The van der Waals surface area contributed by atoms with Gasteiger partial charge in [0, 0.05) is 1.43 Å². The zero-order chi connectivity index (χ0) is 17.6. The van der Waals surface area contributed by atoms with Crippen LogP contribution in [0.4, 0.5) is 0 Å². The minimum atomic E-state index is 0. The molecular formula is C23H34O. The van der Waals surface area contributed by atoms with Crippen LogP contribution < -0.4 is 0 Å². The van der Waals surface area contributed by atoms with Crippen molar-refractivity contribution in [2.75, 3.05) is 0 Å². The number of hydrogen-bond acceptors (Lipinski definition) is 1. The lowest BCUT2D eigenvalue weighted by Crippen LogP contribution is -2.22. The summed E-state index contributed by atoms with van der Waals surface area (Å²) in [4.78, 5) is 0. The monoisotopic (exact) mass is 326 g/mol. The molecule has 1 N–H and O–H groups in total. The van der Waals surface area contributed by atoms with Gasteiger partial charge in [0.15, 0.2) is 0 Å². The Morgan fingerprint density at radius 3 is 2.42 bits per heavy atom. The number of allylic oxidation sites excluding steroid dienone is 1. The molecule has 0 spiro atoms. The van der Waals surface area contributed by atoms with Crippen molar-refractivity contribution in [3.05, 3.63) is 54.6 Å². The maximum Gasteiger partial charge on any atom is 0.116 e. The summed E-state index contributed by atoms with van der Waals surface area (Å²) in [6.07, 6.45) is 10.1. The van der Waals surface area contributed by atoms with Gasteiger partial charge < -0.3 is 5.11 Å². The van der Waals surface area contributed by atoms with Crippen molar-refractivity contribution < 1.29 is 6.53 Å². The number of aromatic hydroxyl groups is 1. The second-order valence-electron chi connectivity index (χ2n) is 8.02. The first kappa shape index (κ1) is 18.6. The molecule has 0 atom stereocenters. The number of rotatable bonds is 2. The fourth-order valence-corrected chi connectivity index (χ4v) is 3.64. The minimum Gasteiger partial charge on any atom is -0.508 e. The maximum absolute atomic E-state index is 9.33. The van der Waals surface area contributed by atoms with Crippen molar-refractivity contribution in [2.24, 2.45) is 11.3 Å². The van der Waals surface area contributed by atoms with E-state index in [1.807, 2.05) is 24.3 Å². The zero-order valence-electron chi connectivity index (χ0n) is 15.5. The van der Waals surface area contributed by atoms with Gasteiger partial charge in [-0.3, -0.25) is 0 Å². The van der Waals surface area contributed by atoms with Crippen LogP contribution in [-0.4, -0.2) is 5.11 Å². The topological polar surface area (TPSA) is 20.2 Å². The molecule has 1 aliphatic carbocycles. The number of benzene rings is 2. The Morgan fingerprint density at radius 2 is 1.83 bits per heavy atom. The second-order valence-corrected chi connectivity index (χ2v) is 8.02. The Kier molecular flexibility index (Phi) is 6.48. The van der Waals surface area contributed by atoms with Crippen LogP contribution in [0.25, 0.3) is 10.8 Å². The molecular weight excluding hydrogens is 292 g/mol. The molecule has 2 aromatic carbocycles. The molecule has 0 heterocycles. The van der Waals surface area contributed by atoms with Crippen LogP contribution in [0.15, 0.2) is 49.1 Å². The molecule has 0 unspecified atom stereocenters. The third kappa shape index (κ3) is 5.12. The first-order chi connectivity index (χ1) is 11.4. The molecule has 1 saturated carbocycles. The summed E-state index contributed by atoms with van der Waals surface area (Å²) in [5, 5.41) is 11.6. The summed E-state index contributed by atoms with van der Waals surface area (Å²) < 4.78 is 0. The van der Waals surface area contributed by atoms with Crippen molar-refractivity contribution in [2.45, 2.75) is 59.3 Å². The molecule has 1 aliphatic rings. The summed E-state index contributed by atoms with van der Waals surface area (Å²) in [6.45, 7) is 10.9. The van der Waals surface area contributed by atoms with Crippen molar-refractivity contribution in [1.29, 1.82) is 0 Å². The van der Waals surface area contributed by atoms with Gasteiger partial charge in [-0.05, 0) is 59.1 Å². The molecule has 0 bridgehead atoms. The molecule has 132 valence electrons. The SMILES string of the molecule is C=CCc1cccc2cc(O)ccc12.CC(C)(C)C1CCCCC1.[HH]. The van der Waals surface area contributed by atoms with Crippen LogP contribution in [0.3, 0.4) is 0 Å². The largest absolute Gasteiger partial charge is 0.508 e. The average molecular weight is 327 g/mol. The molecule has 0 aromatic heterocycles. The predicted octanol–water partition coefficient (Wildman–Crippen LogP) is 7.13. The van der Waals surface area contributed by atoms with Gasteiger partial charge in [-0.25, -0.2) is 0 Å². The lowest BCUT2D eigenvalue weighted by molar-refractivity contribution is 0.180. The predicted molar refractivity (Wildman–Crippen MR) is 108 cm³/mol. The molecule has 24 heavy (non-hydrogen) atoms. The van der Waals surface area contributed by atoms with E-state index in [4.69, 9.17) is 0 Å². The summed E-state index contributed by atoms with van der Waals surface area (Å²) in [5.41, 5.74) is 1.82. The normalized spacial score (nSPS) is 15.6. The molecule has 3 rings (SSSR count). The Labute approximate surface area is 148 Å². The van der Waals surface area contributed by atoms with Gasteiger partial charge in [0.25, 0.3) is 0 Å². The zero-order valence-corrected chi connectivity index (χ0v) is 15.5. The first-order valence-electron chi connectivity index (χ1n) is 9.23. The highest BCUT2D eigenvalue weighted by Gasteiger charge is 2.25.